The van der Waals surface area contributed by atoms with Gasteiger partial charge >= 0.3 is 5.97 Å². The predicted molar refractivity (Wildman–Crippen MR) is 130 cm³/mol. The molecule has 2 bridgehead atoms. The van der Waals surface area contributed by atoms with E-state index in [4.69, 9.17) is 9.47 Å². The molecule has 1 atom stereocenters. The van der Waals surface area contributed by atoms with E-state index in [1.54, 1.807) is 24.3 Å². The van der Waals surface area contributed by atoms with E-state index in [0.29, 0.717) is 28.0 Å². The van der Waals surface area contributed by atoms with Gasteiger partial charge in [-0.3, -0.25) is 0 Å². The Hall–Kier alpha value is -1.97. The molecule has 0 amide bonds. The van der Waals surface area contributed by atoms with Gasteiger partial charge in [-0.15, -0.1) is 22.7 Å². The van der Waals surface area contributed by atoms with Crippen LogP contribution in [0.25, 0.3) is 0 Å². The van der Waals surface area contributed by atoms with Crippen LogP contribution >= 0.6 is 22.7 Å². The van der Waals surface area contributed by atoms with E-state index in [1.165, 1.54) is 34.8 Å². The van der Waals surface area contributed by atoms with Crippen molar-refractivity contribution in [2.45, 2.75) is 31.0 Å². The lowest BCUT2D eigenvalue weighted by Gasteiger charge is -2.52. The Labute approximate surface area is 219 Å². The van der Waals surface area contributed by atoms with Crippen molar-refractivity contribution in [1.82, 2.24) is 0 Å². The Morgan fingerprint density at radius 2 is 1.69 bits per heavy atom. The number of esters is 1. The number of benzene rings is 1. The summed E-state index contributed by atoms with van der Waals surface area (Å²) in [5.74, 6) is 0.170. The molecule has 3 aliphatic heterocycles. The molecule has 0 unspecified atom stereocenters. The van der Waals surface area contributed by atoms with Crippen LogP contribution in [-0.2, 0) is 15.1 Å². The van der Waals surface area contributed by atoms with Crippen molar-refractivity contribution in [3.8, 4) is 5.75 Å². The SMILES string of the molecule is O=C(O[C@H]1C[N+]2(CCCOc3ccc(F)cc3)CCC1CC2)C(O)(c1cccs1)c1cccs1.[Cl-]. The maximum absolute atomic E-state index is 13.4. The number of nitrogens with zero attached hydrogens (tertiary/aromatic N) is 1. The predicted octanol–water partition coefficient (Wildman–Crippen LogP) is 1.81. The number of rotatable bonds is 9. The van der Waals surface area contributed by atoms with Crippen molar-refractivity contribution in [2.75, 3.05) is 32.8 Å². The van der Waals surface area contributed by atoms with Crippen molar-refractivity contribution < 1.29 is 40.7 Å². The summed E-state index contributed by atoms with van der Waals surface area (Å²) in [5, 5.41) is 15.3. The first-order valence-electron chi connectivity index (χ1n) is 11.7. The number of quaternary nitrogens is 1. The number of piperidine rings is 3. The Morgan fingerprint density at radius 3 is 2.26 bits per heavy atom. The molecule has 6 rings (SSSR count). The first kappa shape index (κ1) is 26.1. The quantitative estimate of drug-likeness (QED) is 0.257. The normalized spacial score (nSPS) is 23.5. The summed E-state index contributed by atoms with van der Waals surface area (Å²) >= 11 is 2.73. The number of ether oxygens (including phenoxy) is 2. The van der Waals surface area contributed by atoms with Gasteiger partial charge in [-0.2, -0.15) is 0 Å². The van der Waals surface area contributed by atoms with Gasteiger partial charge in [0.1, 0.15) is 18.1 Å². The number of fused-ring (bicyclic) bond motifs is 3. The number of carbonyl (C=O) groups is 1. The van der Waals surface area contributed by atoms with Gasteiger partial charge in [0.25, 0.3) is 0 Å². The van der Waals surface area contributed by atoms with Crippen LogP contribution in [0.4, 0.5) is 4.39 Å². The molecule has 5 heterocycles. The van der Waals surface area contributed by atoms with Crippen LogP contribution in [0.1, 0.15) is 29.0 Å². The summed E-state index contributed by atoms with van der Waals surface area (Å²) in [5.41, 5.74) is -1.76. The molecule has 0 radical (unpaired) electrons. The lowest BCUT2D eigenvalue weighted by Crippen LogP contribution is -3.00. The van der Waals surface area contributed by atoms with Gasteiger partial charge in [-0.25, -0.2) is 9.18 Å². The number of aliphatic hydroxyl groups is 1. The van der Waals surface area contributed by atoms with Crippen molar-refractivity contribution in [1.29, 1.82) is 0 Å². The first-order valence-corrected chi connectivity index (χ1v) is 13.5. The zero-order chi connectivity index (χ0) is 23.6. The fourth-order valence-electron chi connectivity index (χ4n) is 5.30. The van der Waals surface area contributed by atoms with Gasteiger partial charge < -0.3 is 31.5 Å². The van der Waals surface area contributed by atoms with Crippen LogP contribution in [0, 0.1) is 11.7 Å². The Bertz CT molecular complexity index is 1050. The minimum atomic E-state index is -1.76. The Morgan fingerprint density at radius 1 is 1.06 bits per heavy atom. The van der Waals surface area contributed by atoms with Gasteiger partial charge in [0, 0.05) is 25.2 Å². The summed E-state index contributed by atoms with van der Waals surface area (Å²) in [4.78, 5) is 14.6. The Kier molecular flexibility index (Phi) is 8.18. The molecular formula is C26H29ClFNO4S2. The average molecular weight is 538 g/mol. The molecule has 0 spiro atoms. The minimum Gasteiger partial charge on any atom is -1.00 e. The van der Waals surface area contributed by atoms with Crippen LogP contribution < -0.4 is 17.1 Å². The first-order chi connectivity index (χ1) is 16.5. The molecule has 3 saturated heterocycles. The van der Waals surface area contributed by atoms with Crippen LogP contribution in [-0.4, -0.2) is 54.4 Å². The topological polar surface area (TPSA) is 55.8 Å². The van der Waals surface area contributed by atoms with Crippen molar-refractivity contribution in [3.63, 3.8) is 0 Å². The molecule has 9 heteroatoms. The van der Waals surface area contributed by atoms with E-state index in [-0.39, 0.29) is 24.3 Å². The second-order valence-electron chi connectivity index (χ2n) is 9.30. The maximum Gasteiger partial charge on any atom is 0.349 e. The largest absolute Gasteiger partial charge is 1.00 e. The molecule has 1 N–H and O–H groups in total. The monoisotopic (exact) mass is 537 g/mol. The van der Waals surface area contributed by atoms with Gasteiger partial charge in [-0.1, -0.05) is 12.1 Å². The second-order valence-corrected chi connectivity index (χ2v) is 11.2. The number of thiophene rings is 2. The van der Waals surface area contributed by atoms with E-state index in [2.05, 4.69) is 0 Å². The van der Waals surface area contributed by atoms with Crippen molar-refractivity contribution >= 4 is 28.6 Å². The summed E-state index contributed by atoms with van der Waals surface area (Å²) in [6.45, 7) is 4.45. The summed E-state index contributed by atoms with van der Waals surface area (Å²) < 4.78 is 25.9. The molecule has 3 fully saturated rings. The molecule has 3 aliphatic rings. The number of hydrogen-bond donors (Lipinski definition) is 1. The maximum atomic E-state index is 13.4. The summed E-state index contributed by atoms with van der Waals surface area (Å²) in [6, 6.07) is 13.4. The van der Waals surface area contributed by atoms with E-state index in [0.717, 1.165) is 49.9 Å². The highest BCUT2D eigenvalue weighted by Crippen LogP contribution is 2.40. The Balaban J connectivity index is 0.00000289. The zero-order valence-electron chi connectivity index (χ0n) is 19.3. The molecule has 2 aromatic heterocycles. The molecular weight excluding hydrogens is 509 g/mol. The number of hydrogen-bond acceptors (Lipinski definition) is 6. The standard InChI is InChI=1S/C26H29FNO4S2.ClH/c27-20-6-8-21(9-7-20)31-15-3-12-28-13-10-19(11-14-28)22(18-28)32-25(29)26(30,23-4-1-16-33-23)24-5-2-17-34-24;/h1-2,4-9,16-17,19,22,30H,3,10-15,18H2;1H/q+1;/p-1/t19?,22-,28?;/m0./s1. The van der Waals surface area contributed by atoms with E-state index >= 15 is 0 Å². The fraction of sp³-hybridized carbons (Fsp3) is 0.423. The van der Waals surface area contributed by atoms with Gasteiger partial charge in [0.15, 0.2) is 6.10 Å². The molecule has 5 nitrogen and oxygen atoms in total. The smallest absolute Gasteiger partial charge is 0.349 e. The molecule has 188 valence electrons. The lowest BCUT2D eigenvalue weighted by atomic mass is 9.83. The van der Waals surface area contributed by atoms with Gasteiger partial charge in [-0.05, 0) is 47.2 Å². The highest BCUT2D eigenvalue weighted by atomic mass is 35.5. The molecule has 1 aromatic carbocycles. The van der Waals surface area contributed by atoms with Gasteiger partial charge in [0.05, 0.1) is 36.0 Å². The molecule has 0 saturated carbocycles. The highest BCUT2D eigenvalue weighted by Gasteiger charge is 2.51. The van der Waals surface area contributed by atoms with Crippen LogP contribution in [0.2, 0.25) is 0 Å². The minimum absolute atomic E-state index is 0. The van der Waals surface area contributed by atoms with E-state index in [1.807, 2.05) is 22.9 Å². The third-order valence-electron chi connectivity index (χ3n) is 7.21. The third kappa shape index (κ3) is 5.42. The molecule has 3 aromatic rings. The van der Waals surface area contributed by atoms with E-state index < -0.39 is 11.6 Å². The fourth-order valence-corrected chi connectivity index (χ4v) is 7.02. The summed E-state index contributed by atoms with van der Waals surface area (Å²) in [6.07, 6.45) is 2.72. The average Bonchev–Trinajstić information content (AvgIpc) is 3.58. The van der Waals surface area contributed by atoms with Crippen LogP contribution in [0.15, 0.2) is 59.3 Å². The van der Waals surface area contributed by atoms with Crippen LogP contribution in [0.5, 0.6) is 5.75 Å². The third-order valence-corrected chi connectivity index (χ3v) is 9.17. The highest BCUT2D eigenvalue weighted by molar-refractivity contribution is 7.12. The van der Waals surface area contributed by atoms with Gasteiger partial charge in [0.2, 0.25) is 5.60 Å². The zero-order valence-corrected chi connectivity index (χ0v) is 21.7. The van der Waals surface area contributed by atoms with E-state index in [9.17, 15) is 14.3 Å². The molecule has 0 aliphatic carbocycles. The number of halogens is 2. The molecule has 35 heavy (non-hydrogen) atoms. The number of carbonyl (C=O) groups excluding carboxylic acids is 1. The second kappa shape index (κ2) is 11.0. The van der Waals surface area contributed by atoms with Crippen LogP contribution in [0.3, 0.4) is 0 Å². The van der Waals surface area contributed by atoms with Crippen molar-refractivity contribution in [2.24, 2.45) is 5.92 Å². The summed E-state index contributed by atoms with van der Waals surface area (Å²) in [7, 11) is 0. The van der Waals surface area contributed by atoms with Crippen molar-refractivity contribution in [3.05, 3.63) is 74.9 Å². The lowest BCUT2D eigenvalue weighted by molar-refractivity contribution is -0.946.